The van der Waals surface area contributed by atoms with Crippen molar-refractivity contribution < 1.29 is 0 Å². The molecular weight excluding hydrogens is 174 g/mol. The van der Waals surface area contributed by atoms with Crippen molar-refractivity contribution in [2.45, 2.75) is 26.8 Å². The molecule has 0 bridgehead atoms. The van der Waals surface area contributed by atoms with Crippen LogP contribution in [0.25, 0.3) is 0 Å². The third kappa shape index (κ3) is 8.48. The van der Waals surface area contributed by atoms with Gasteiger partial charge >= 0.3 is 0 Å². The maximum atomic E-state index is 5.82. The minimum atomic E-state index is 0.274. The van der Waals surface area contributed by atoms with E-state index in [9.17, 15) is 0 Å². The van der Waals surface area contributed by atoms with E-state index in [-0.39, 0.29) is 6.04 Å². The fourth-order valence-corrected chi connectivity index (χ4v) is 1.52. The van der Waals surface area contributed by atoms with Crippen molar-refractivity contribution >= 4 is 0 Å². The Balaban J connectivity index is 3.84. The monoisotopic (exact) mass is 201 g/mol. The first-order chi connectivity index (χ1) is 6.41. The summed E-state index contributed by atoms with van der Waals surface area (Å²) < 4.78 is 0. The highest BCUT2D eigenvalue weighted by molar-refractivity contribution is 4.66. The Labute approximate surface area is 89.2 Å². The maximum absolute atomic E-state index is 5.82. The Hall–Kier alpha value is -0.120. The molecule has 1 atom stereocenters. The summed E-state index contributed by atoms with van der Waals surface area (Å²) in [6, 6.07) is 0.274. The predicted octanol–water partition coefficient (Wildman–Crippen LogP) is 0.853. The summed E-state index contributed by atoms with van der Waals surface area (Å²) in [7, 11) is 4.22. The minimum Gasteiger partial charge on any atom is -0.327 e. The van der Waals surface area contributed by atoms with Crippen molar-refractivity contribution in [1.82, 2.24) is 9.80 Å². The van der Waals surface area contributed by atoms with Crippen LogP contribution in [-0.4, -0.2) is 56.1 Å². The summed E-state index contributed by atoms with van der Waals surface area (Å²) in [6.45, 7) is 11.0. The van der Waals surface area contributed by atoms with Crippen LogP contribution in [0.4, 0.5) is 0 Å². The van der Waals surface area contributed by atoms with E-state index in [0.717, 1.165) is 32.1 Å². The van der Waals surface area contributed by atoms with E-state index in [4.69, 9.17) is 5.73 Å². The Morgan fingerprint density at radius 3 is 1.93 bits per heavy atom. The van der Waals surface area contributed by atoms with E-state index < -0.39 is 0 Å². The number of hydrogen-bond acceptors (Lipinski definition) is 3. The zero-order chi connectivity index (χ0) is 11.1. The van der Waals surface area contributed by atoms with E-state index >= 15 is 0 Å². The molecule has 3 nitrogen and oxygen atoms in total. The molecule has 0 saturated heterocycles. The van der Waals surface area contributed by atoms with E-state index in [1.54, 1.807) is 0 Å². The highest BCUT2D eigenvalue weighted by atomic mass is 15.2. The number of hydrogen-bond donors (Lipinski definition) is 1. The van der Waals surface area contributed by atoms with Crippen molar-refractivity contribution in [2.75, 3.05) is 40.3 Å². The number of rotatable bonds is 7. The second-order valence-electron chi connectivity index (χ2n) is 4.93. The van der Waals surface area contributed by atoms with Crippen LogP contribution in [0.2, 0.25) is 0 Å². The average Bonchev–Trinajstić information content (AvgIpc) is 1.97. The van der Waals surface area contributed by atoms with Gasteiger partial charge in [-0.25, -0.2) is 0 Å². The third-order valence-electron chi connectivity index (χ3n) is 2.03. The molecule has 0 rings (SSSR count). The maximum Gasteiger partial charge on any atom is 0.0139 e. The zero-order valence-corrected chi connectivity index (χ0v) is 10.5. The highest BCUT2D eigenvalue weighted by Gasteiger charge is 2.09. The molecule has 0 fully saturated rings. The lowest BCUT2D eigenvalue weighted by Gasteiger charge is -2.27. The van der Waals surface area contributed by atoms with E-state index in [1.807, 2.05) is 0 Å². The van der Waals surface area contributed by atoms with Crippen molar-refractivity contribution in [3.05, 3.63) is 0 Å². The molecule has 0 unspecified atom stereocenters. The largest absolute Gasteiger partial charge is 0.327 e. The first-order valence-corrected chi connectivity index (χ1v) is 5.54. The highest BCUT2D eigenvalue weighted by Crippen LogP contribution is 1.99. The number of nitrogens with zero attached hydrogens (tertiary/aromatic N) is 2. The molecule has 0 aliphatic heterocycles. The zero-order valence-electron chi connectivity index (χ0n) is 10.5. The molecule has 0 spiro atoms. The fourth-order valence-electron chi connectivity index (χ4n) is 1.52. The second-order valence-corrected chi connectivity index (χ2v) is 4.93. The summed E-state index contributed by atoms with van der Waals surface area (Å²) in [5, 5.41) is 0. The van der Waals surface area contributed by atoms with E-state index in [1.165, 1.54) is 0 Å². The Morgan fingerprint density at radius 1 is 1.00 bits per heavy atom. The van der Waals surface area contributed by atoms with Gasteiger partial charge in [0.05, 0.1) is 0 Å². The van der Waals surface area contributed by atoms with Crippen LogP contribution in [0, 0.1) is 5.92 Å². The van der Waals surface area contributed by atoms with E-state index in [2.05, 4.69) is 44.7 Å². The molecule has 0 aliphatic rings. The molecule has 14 heavy (non-hydrogen) atoms. The van der Waals surface area contributed by atoms with Crippen LogP contribution < -0.4 is 5.73 Å². The van der Waals surface area contributed by atoms with Crippen LogP contribution in [0.1, 0.15) is 20.8 Å². The topological polar surface area (TPSA) is 32.5 Å². The smallest absolute Gasteiger partial charge is 0.0139 e. The number of nitrogens with two attached hydrogens (primary N) is 1. The molecule has 0 aromatic rings. The van der Waals surface area contributed by atoms with Gasteiger partial charge in [-0.1, -0.05) is 13.8 Å². The predicted molar refractivity (Wildman–Crippen MR) is 63.5 cm³/mol. The molecule has 0 aromatic carbocycles. The molecule has 2 N–H and O–H groups in total. The van der Waals surface area contributed by atoms with E-state index in [0.29, 0.717) is 0 Å². The van der Waals surface area contributed by atoms with Gasteiger partial charge in [0.1, 0.15) is 0 Å². The van der Waals surface area contributed by atoms with Gasteiger partial charge in [0.15, 0.2) is 0 Å². The van der Waals surface area contributed by atoms with Gasteiger partial charge in [0, 0.05) is 32.2 Å². The van der Waals surface area contributed by atoms with Gasteiger partial charge < -0.3 is 15.5 Å². The average molecular weight is 201 g/mol. The fraction of sp³-hybridized carbons (Fsp3) is 1.00. The first-order valence-electron chi connectivity index (χ1n) is 5.54. The molecular formula is C11H27N3. The first kappa shape index (κ1) is 13.9. The van der Waals surface area contributed by atoms with Gasteiger partial charge in [0.25, 0.3) is 0 Å². The second kappa shape index (κ2) is 7.21. The van der Waals surface area contributed by atoms with Gasteiger partial charge in [-0.2, -0.15) is 0 Å². The van der Waals surface area contributed by atoms with Gasteiger partial charge in [0.2, 0.25) is 0 Å². The van der Waals surface area contributed by atoms with Crippen molar-refractivity contribution in [2.24, 2.45) is 11.7 Å². The summed E-state index contributed by atoms with van der Waals surface area (Å²) in [5.74, 6) is 0.718. The summed E-state index contributed by atoms with van der Waals surface area (Å²) >= 11 is 0. The van der Waals surface area contributed by atoms with Crippen molar-refractivity contribution in [3.63, 3.8) is 0 Å². The van der Waals surface area contributed by atoms with Crippen LogP contribution in [0.5, 0.6) is 0 Å². The lowest BCUT2D eigenvalue weighted by molar-refractivity contribution is 0.211. The molecule has 0 saturated carbocycles. The van der Waals surface area contributed by atoms with Crippen LogP contribution >= 0.6 is 0 Å². The summed E-state index contributed by atoms with van der Waals surface area (Å²) in [6.07, 6.45) is 0. The van der Waals surface area contributed by atoms with Crippen LogP contribution in [0.15, 0.2) is 0 Å². The molecule has 0 aromatic heterocycles. The van der Waals surface area contributed by atoms with Crippen LogP contribution in [0.3, 0.4) is 0 Å². The normalized spacial score (nSPS) is 14.4. The molecule has 86 valence electrons. The lowest BCUT2D eigenvalue weighted by Crippen LogP contribution is -2.41. The Morgan fingerprint density at radius 2 is 1.57 bits per heavy atom. The molecule has 0 heterocycles. The number of likely N-dealkylation sites (N-methyl/N-ethyl adjacent to an activating group) is 1. The molecule has 3 heteroatoms. The lowest BCUT2D eigenvalue weighted by atomic mass is 10.2. The molecule has 0 aliphatic carbocycles. The third-order valence-corrected chi connectivity index (χ3v) is 2.03. The minimum absolute atomic E-state index is 0.274. The Bertz CT molecular complexity index is 122. The Kier molecular flexibility index (Phi) is 7.15. The summed E-state index contributed by atoms with van der Waals surface area (Å²) in [5.41, 5.74) is 5.82. The summed E-state index contributed by atoms with van der Waals surface area (Å²) in [4.78, 5) is 4.67. The standard InChI is InChI=1S/C11H27N3/c1-10(2)8-14(9-11(3)12)7-6-13(4)5/h10-11H,6-9,12H2,1-5H3/t11-/m1/s1. The van der Waals surface area contributed by atoms with Gasteiger partial charge in [-0.15, -0.1) is 0 Å². The molecule has 0 radical (unpaired) electrons. The molecule has 0 amide bonds. The van der Waals surface area contributed by atoms with Gasteiger partial charge in [-0.05, 0) is 26.9 Å². The quantitative estimate of drug-likeness (QED) is 0.663. The van der Waals surface area contributed by atoms with Gasteiger partial charge in [-0.3, -0.25) is 0 Å². The van der Waals surface area contributed by atoms with Crippen molar-refractivity contribution in [1.29, 1.82) is 0 Å². The SMILES string of the molecule is CC(C)CN(CCN(C)C)C[C@@H](C)N. The van der Waals surface area contributed by atoms with Crippen LogP contribution in [-0.2, 0) is 0 Å². The van der Waals surface area contributed by atoms with Crippen molar-refractivity contribution in [3.8, 4) is 0 Å².